The number of nitrogens with one attached hydrogen (secondary N) is 1. The van der Waals surface area contributed by atoms with Crippen molar-refractivity contribution in [1.29, 1.82) is 0 Å². The minimum absolute atomic E-state index is 0.526. The zero-order valence-electron chi connectivity index (χ0n) is 9.80. The lowest BCUT2D eigenvalue weighted by molar-refractivity contribution is 0.288. The third-order valence-corrected chi connectivity index (χ3v) is 3.54. The second-order valence-electron chi connectivity index (χ2n) is 4.29. The number of nitrogens with zero attached hydrogens (tertiary/aromatic N) is 2. The molecule has 1 fully saturated rings. The minimum Gasteiger partial charge on any atom is -0.476 e. The van der Waals surface area contributed by atoms with Crippen molar-refractivity contribution in [3.8, 4) is 5.88 Å². The summed E-state index contributed by atoms with van der Waals surface area (Å²) in [5.41, 5.74) is 6.43. The molecular formula is C12H14N4OS. The highest BCUT2D eigenvalue weighted by Gasteiger charge is 2.22. The number of anilines is 1. The standard InChI is InChI=1S/C12H14N4OS/c13-9-3-4-10(18-12-14-5-6-15-12)16-11(9)17-7-8-1-2-8/h3-6,8H,1-2,7,13H2,(H,14,15). The molecule has 0 aromatic carbocycles. The summed E-state index contributed by atoms with van der Waals surface area (Å²) in [6.45, 7) is 0.714. The van der Waals surface area contributed by atoms with Crippen LogP contribution in [0.3, 0.4) is 0 Å². The zero-order chi connectivity index (χ0) is 12.4. The molecule has 1 aliphatic carbocycles. The van der Waals surface area contributed by atoms with Crippen molar-refractivity contribution >= 4 is 17.4 Å². The van der Waals surface area contributed by atoms with Gasteiger partial charge in [-0.2, -0.15) is 0 Å². The van der Waals surface area contributed by atoms with Gasteiger partial charge in [-0.1, -0.05) is 0 Å². The number of nitrogens with two attached hydrogens (primary N) is 1. The van der Waals surface area contributed by atoms with Gasteiger partial charge in [0.1, 0.15) is 5.03 Å². The highest BCUT2D eigenvalue weighted by molar-refractivity contribution is 7.99. The quantitative estimate of drug-likeness (QED) is 0.864. The van der Waals surface area contributed by atoms with E-state index in [1.807, 2.05) is 12.1 Å². The summed E-state index contributed by atoms with van der Waals surface area (Å²) in [6, 6.07) is 3.69. The van der Waals surface area contributed by atoms with Crippen LogP contribution in [0.15, 0.2) is 34.7 Å². The summed E-state index contributed by atoms with van der Waals surface area (Å²) < 4.78 is 5.64. The first-order valence-electron chi connectivity index (χ1n) is 5.88. The lowest BCUT2D eigenvalue weighted by atomic mass is 10.4. The molecule has 0 atom stereocenters. The van der Waals surface area contributed by atoms with Gasteiger partial charge in [-0.15, -0.1) is 0 Å². The van der Waals surface area contributed by atoms with Crippen molar-refractivity contribution in [3.63, 3.8) is 0 Å². The molecule has 6 heteroatoms. The van der Waals surface area contributed by atoms with Gasteiger partial charge < -0.3 is 15.5 Å². The maximum absolute atomic E-state index is 5.85. The van der Waals surface area contributed by atoms with Crippen LogP contribution in [-0.2, 0) is 0 Å². The Balaban J connectivity index is 1.72. The number of nitrogen functional groups attached to an aromatic ring is 1. The Hall–Kier alpha value is -1.69. The molecule has 0 bridgehead atoms. The van der Waals surface area contributed by atoms with Crippen molar-refractivity contribution in [1.82, 2.24) is 15.0 Å². The Morgan fingerprint density at radius 2 is 2.33 bits per heavy atom. The molecule has 3 N–H and O–H groups in total. The summed E-state index contributed by atoms with van der Waals surface area (Å²) in [6.07, 6.45) is 6.00. The van der Waals surface area contributed by atoms with Crippen LogP contribution < -0.4 is 10.5 Å². The number of H-pyrrole nitrogens is 1. The number of aromatic nitrogens is 3. The number of imidazole rings is 1. The molecule has 5 nitrogen and oxygen atoms in total. The lowest BCUT2D eigenvalue weighted by Gasteiger charge is -2.08. The summed E-state index contributed by atoms with van der Waals surface area (Å²) in [5.74, 6) is 1.21. The summed E-state index contributed by atoms with van der Waals surface area (Å²) >= 11 is 1.45. The molecule has 94 valence electrons. The van der Waals surface area contributed by atoms with Gasteiger partial charge in [0.15, 0.2) is 5.16 Å². The van der Waals surface area contributed by atoms with Crippen molar-refractivity contribution in [2.75, 3.05) is 12.3 Å². The van der Waals surface area contributed by atoms with Gasteiger partial charge >= 0.3 is 0 Å². The fourth-order valence-electron chi connectivity index (χ4n) is 1.49. The van der Waals surface area contributed by atoms with Gasteiger partial charge in [0.2, 0.25) is 5.88 Å². The van der Waals surface area contributed by atoms with E-state index in [0.717, 1.165) is 10.2 Å². The Labute approximate surface area is 109 Å². The average molecular weight is 262 g/mol. The number of ether oxygens (including phenoxy) is 1. The average Bonchev–Trinajstić information content (AvgIpc) is 3.07. The van der Waals surface area contributed by atoms with E-state index in [0.29, 0.717) is 24.1 Å². The van der Waals surface area contributed by atoms with Gasteiger partial charge in [0.05, 0.1) is 12.3 Å². The maximum Gasteiger partial charge on any atom is 0.238 e. The lowest BCUT2D eigenvalue weighted by Crippen LogP contribution is -2.04. The molecular weight excluding hydrogens is 248 g/mol. The normalized spacial score (nSPS) is 14.7. The van der Waals surface area contributed by atoms with E-state index in [-0.39, 0.29) is 0 Å². The Morgan fingerprint density at radius 3 is 3.06 bits per heavy atom. The van der Waals surface area contributed by atoms with E-state index in [9.17, 15) is 0 Å². The number of hydrogen-bond donors (Lipinski definition) is 2. The van der Waals surface area contributed by atoms with Gasteiger partial charge in [-0.25, -0.2) is 9.97 Å². The van der Waals surface area contributed by atoms with Crippen LogP contribution in [0.25, 0.3) is 0 Å². The van der Waals surface area contributed by atoms with Crippen molar-refractivity contribution in [2.24, 2.45) is 5.92 Å². The Kier molecular flexibility index (Phi) is 3.10. The van der Waals surface area contributed by atoms with Gasteiger partial charge in [-0.05, 0) is 42.7 Å². The predicted molar refractivity (Wildman–Crippen MR) is 69.6 cm³/mol. The monoisotopic (exact) mass is 262 g/mol. The molecule has 0 unspecified atom stereocenters. The van der Waals surface area contributed by atoms with Crippen molar-refractivity contribution < 1.29 is 4.74 Å². The SMILES string of the molecule is Nc1ccc(Sc2ncc[nH]2)nc1OCC1CC1. The third-order valence-electron chi connectivity index (χ3n) is 2.69. The van der Waals surface area contributed by atoms with Crippen LogP contribution in [0.2, 0.25) is 0 Å². The minimum atomic E-state index is 0.526. The summed E-state index contributed by atoms with van der Waals surface area (Å²) in [5, 5.41) is 1.63. The van der Waals surface area contributed by atoms with E-state index >= 15 is 0 Å². The van der Waals surface area contributed by atoms with Gasteiger partial charge in [-0.3, -0.25) is 0 Å². The second kappa shape index (κ2) is 4.89. The van der Waals surface area contributed by atoms with Gasteiger partial charge in [0, 0.05) is 12.4 Å². The first-order valence-corrected chi connectivity index (χ1v) is 6.69. The summed E-state index contributed by atoms with van der Waals surface area (Å²) in [4.78, 5) is 11.6. The smallest absolute Gasteiger partial charge is 0.238 e. The Bertz CT molecular complexity index is 525. The van der Waals surface area contributed by atoms with E-state index in [4.69, 9.17) is 10.5 Å². The number of rotatable bonds is 5. The molecule has 0 spiro atoms. The largest absolute Gasteiger partial charge is 0.476 e. The van der Waals surface area contributed by atoms with Crippen LogP contribution in [0.5, 0.6) is 5.88 Å². The van der Waals surface area contributed by atoms with Gasteiger partial charge in [0.25, 0.3) is 0 Å². The van der Waals surface area contributed by atoms with Crippen molar-refractivity contribution in [3.05, 3.63) is 24.5 Å². The highest BCUT2D eigenvalue weighted by atomic mass is 32.2. The molecule has 0 aliphatic heterocycles. The number of hydrogen-bond acceptors (Lipinski definition) is 5. The number of pyridine rings is 1. The van der Waals surface area contributed by atoms with E-state index < -0.39 is 0 Å². The molecule has 3 rings (SSSR count). The predicted octanol–water partition coefficient (Wildman–Crippen LogP) is 2.33. The fraction of sp³-hybridized carbons (Fsp3) is 0.333. The molecule has 2 aromatic heterocycles. The molecule has 0 radical (unpaired) electrons. The Morgan fingerprint density at radius 1 is 1.44 bits per heavy atom. The molecule has 2 heterocycles. The van der Waals surface area contributed by atoms with E-state index in [2.05, 4.69) is 15.0 Å². The van der Waals surface area contributed by atoms with E-state index in [1.54, 1.807) is 12.4 Å². The fourth-order valence-corrected chi connectivity index (χ4v) is 2.20. The zero-order valence-corrected chi connectivity index (χ0v) is 10.6. The molecule has 1 saturated carbocycles. The summed E-state index contributed by atoms with van der Waals surface area (Å²) in [7, 11) is 0. The van der Waals surface area contributed by atoms with Crippen LogP contribution >= 0.6 is 11.8 Å². The van der Waals surface area contributed by atoms with E-state index in [1.165, 1.54) is 24.6 Å². The molecule has 18 heavy (non-hydrogen) atoms. The number of aromatic amines is 1. The molecule has 0 saturated heterocycles. The molecule has 0 amide bonds. The van der Waals surface area contributed by atoms with Crippen LogP contribution in [0.1, 0.15) is 12.8 Å². The topological polar surface area (TPSA) is 76.8 Å². The highest BCUT2D eigenvalue weighted by Crippen LogP contribution is 2.32. The van der Waals surface area contributed by atoms with Crippen molar-refractivity contribution in [2.45, 2.75) is 23.0 Å². The molecule has 1 aliphatic rings. The van der Waals surface area contributed by atoms with Crippen LogP contribution in [-0.4, -0.2) is 21.6 Å². The second-order valence-corrected chi connectivity index (χ2v) is 5.30. The third kappa shape index (κ3) is 2.76. The maximum atomic E-state index is 5.85. The molecule has 2 aromatic rings. The first kappa shape index (κ1) is 11.4. The van der Waals surface area contributed by atoms with Crippen LogP contribution in [0, 0.1) is 5.92 Å². The van der Waals surface area contributed by atoms with Crippen LogP contribution in [0.4, 0.5) is 5.69 Å². The first-order chi connectivity index (χ1) is 8.81.